The quantitative estimate of drug-likeness (QED) is 0.473. The van der Waals surface area contributed by atoms with Gasteiger partial charge in [-0.3, -0.25) is 0 Å². The van der Waals surface area contributed by atoms with Crippen LogP contribution in [0.5, 0.6) is 5.88 Å². The number of ether oxygens (including phenoxy) is 3. The van der Waals surface area contributed by atoms with Crippen LogP contribution in [0, 0.1) is 0 Å². The normalized spacial score (nSPS) is 12.8. The summed E-state index contributed by atoms with van der Waals surface area (Å²) in [4.78, 5) is 35.4. The van der Waals surface area contributed by atoms with Gasteiger partial charge in [-0.15, -0.1) is 0 Å². The summed E-state index contributed by atoms with van der Waals surface area (Å²) in [5.74, 6) is -0.0911. The molecule has 10 heteroatoms. The second kappa shape index (κ2) is 10.4. The Balaban J connectivity index is 3.30. The Morgan fingerprint density at radius 1 is 0.939 bits per heavy atom. The standard InChI is InChI=1S/C23H41N3O6Si/c1-21(2,3)31-19(27)26(20(28)32-22(4,5)6)17-18(29-10)24-15-16(25-17)13-14-30-33(11,12)23(7,8)9/h15H,13-14H2,1-12H3. The molecule has 0 fully saturated rings. The zero-order valence-electron chi connectivity index (χ0n) is 22.3. The van der Waals surface area contributed by atoms with Gasteiger partial charge in [0.15, 0.2) is 8.32 Å². The Morgan fingerprint density at radius 2 is 1.42 bits per heavy atom. The molecule has 0 bridgehead atoms. The van der Waals surface area contributed by atoms with Gasteiger partial charge < -0.3 is 18.6 Å². The van der Waals surface area contributed by atoms with Gasteiger partial charge in [-0.05, 0) is 59.7 Å². The summed E-state index contributed by atoms with van der Waals surface area (Å²) in [6, 6.07) is 0. The third-order valence-corrected chi connectivity index (χ3v) is 9.49. The molecule has 0 aromatic carbocycles. The van der Waals surface area contributed by atoms with Gasteiger partial charge in [0.05, 0.1) is 19.0 Å². The summed E-state index contributed by atoms with van der Waals surface area (Å²) in [6.45, 7) is 21.5. The number of imide groups is 1. The summed E-state index contributed by atoms with van der Waals surface area (Å²) in [5.41, 5.74) is -1.14. The first-order valence-electron chi connectivity index (χ1n) is 11.1. The SMILES string of the molecule is COc1ncc(CCO[Si](C)(C)C(C)(C)C)nc1N(C(=O)OC(C)(C)C)C(=O)OC(C)(C)C. The highest BCUT2D eigenvalue weighted by molar-refractivity contribution is 6.74. The van der Waals surface area contributed by atoms with Crippen molar-refractivity contribution in [3.05, 3.63) is 11.9 Å². The van der Waals surface area contributed by atoms with Crippen molar-refractivity contribution in [1.29, 1.82) is 0 Å². The van der Waals surface area contributed by atoms with Crippen LogP contribution in [-0.2, 0) is 20.3 Å². The largest absolute Gasteiger partial charge is 0.478 e. The lowest BCUT2D eigenvalue weighted by atomic mass is 10.2. The van der Waals surface area contributed by atoms with Gasteiger partial charge in [-0.25, -0.2) is 19.6 Å². The Hall–Kier alpha value is -2.20. The minimum absolute atomic E-state index is 0.000725. The smallest absolute Gasteiger partial charge is 0.425 e. The third kappa shape index (κ3) is 8.92. The molecular weight excluding hydrogens is 442 g/mol. The highest BCUT2D eigenvalue weighted by Crippen LogP contribution is 2.36. The van der Waals surface area contributed by atoms with Gasteiger partial charge in [-0.1, -0.05) is 20.8 Å². The minimum atomic E-state index is -1.93. The number of amides is 2. The van der Waals surface area contributed by atoms with Crippen LogP contribution in [-0.4, -0.2) is 55.4 Å². The van der Waals surface area contributed by atoms with E-state index in [2.05, 4.69) is 43.8 Å². The predicted octanol–water partition coefficient (Wildman–Crippen LogP) is 5.73. The van der Waals surface area contributed by atoms with Crippen LogP contribution in [0.2, 0.25) is 18.1 Å². The van der Waals surface area contributed by atoms with Gasteiger partial charge >= 0.3 is 12.2 Å². The number of hydrogen-bond donors (Lipinski definition) is 0. The van der Waals surface area contributed by atoms with Crippen molar-refractivity contribution in [1.82, 2.24) is 9.97 Å². The molecule has 0 aliphatic heterocycles. The summed E-state index contributed by atoms with van der Waals surface area (Å²) in [7, 11) is -0.548. The van der Waals surface area contributed by atoms with Crippen LogP contribution >= 0.6 is 0 Å². The number of hydrogen-bond acceptors (Lipinski definition) is 8. The summed E-state index contributed by atoms with van der Waals surface area (Å²) in [6.07, 6.45) is 0.130. The number of aromatic nitrogens is 2. The maximum absolute atomic E-state index is 13.0. The lowest BCUT2D eigenvalue weighted by Crippen LogP contribution is -2.44. The number of anilines is 1. The average molecular weight is 484 g/mol. The summed E-state index contributed by atoms with van der Waals surface area (Å²) >= 11 is 0. The number of carbonyl (C=O) groups excluding carboxylic acids is 2. The fraction of sp³-hybridized carbons (Fsp3) is 0.739. The van der Waals surface area contributed by atoms with Gasteiger partial charge in [0.2, 0.25) is 5.82 Å². The van der Waals surface area contributed by atoms with Crippen molar-refractivity contribution in [2.24, 2.45) is 0 Å². The predicted molar refractivity (Wildman–Crippen MR) is 130 cm³/mol. The van der Waals surface area contributed by atoms with Crippen molar-refractivity contribution in [3.63, 3.8) is 0 Å². The molecular formula is C23H41N3O6Si. The first-order valence-corrected chi connectivity index (χ1v) is 14.0. The van der Waals surface area contributed by atoms with E-state index in [0.29, 0.717) is 18.7 Å². The molecule has 33 heavy (non-hydrogen) atoms. The van der Waals surface area contributed by atoms with Gasteiger partial charge in [0.1, 0.15) is 11.2 Å². The third-order valence-electron chi connectivity index (χ3n) is 4.96. The van der Waals surface area contributed by atoms with E-state index >= 15 is 0 Å². The van der Waals surface area contributed by atoms with E-state index in [1.165, 1.54) is 7.11 Å². The molecule has 1 heterocycles. The molecule has 0 saturated heterocycles. The highest BCUT2D eigenvalue weighted by atomic mass is 28.4. The number of methoxy groups -OCH3 is 1. The van der Waals surface area contributed by atoms with Crippen molar-refractivity contribution >= 4 is 26.3 Å². The van der Waals surface area contributed by atoms with Crippen molar-refractivity contribution in [2.75, 3.05) is 18.6 Å². The molecule has 0 N–H and O–H groups in total. The lowest BCUT2D eigenvalue weighted by Gasteiger charge is -2.36. The topological polar surface area (TPSA) is 100 Å². The Kier molecular flexibility index (Phi) is 9.07. The van der Waals surface area contributed by atoms with Crippen molar-refractivity contribution in [3.8, 4) is 5.88 Å². The van der Waals surface area contributed by atoms with E-state index in [4.69, 9.17) is 18.6 Å². The summed E-state index contributed by atoms with van der Waals surface area (Å²) in [5, 5.41) is 0.0774. The van der Waals surface area contributed by atoms with Crippen molar-refractivity contribution < 1.29 is 28.2 Å². The van der Waals surface area contributed by atoms with E-state index in [-0.39, 0.29) is 16.7 Å². The average Bonchev–Trinajstić information content (AvgIpc) is 2.57. The van der Waals surface area contributed by atoms with Gasteiger partial charge in [-0.2, -0.15) is 4.90 Å². The maximum atomic E-state index is 13.0. The zero-order valence-corrected chi connectivity index (χ0v) is 23.3. The minimum Gasteiger partial charge on any atom is -0.478 e. The molecule has 1 rings (SSSR count). The van der Waals surface area contributed by atoms with Gasteiger partial charge in [0.25, 0.3) is 5.88 Å². The van der Waals surface area contributed by atoms with Crippen LogP contribution in [0.25, 0.3) is 0 Å². The highest BCUT2D eigenvalue weighted by Gasteiger charge is 2.38. The first-order chi connectivity index (χ1) is 14.8. The lowest BCUT2D eigenvalue weighted by molar-refractivity contribution is 0.0427. The van der Waals surface area contributed by atoms with E-state index in [1.807, 2.05) is 0 Å². The Bertz CT molecular complexity index is 810. The zero-order chi connectivity index (χ0) is 25.8. The van der Waals surface area contributed by atoms with Crippen LogP contribution in [0.3, 0.4) is 0 Å². The first kappa shape index (κ1) is 28.8. The molecule has 1 aromatic rings. The number of nitrogens with zero attached hydrogens (tertiary/aromatic N) is 3. The summed E-state index contributed by atoms with van der Waals surface area (Å²) < 4.78 is 22.4. The second-order valence-electron chi connectivity index (χ2n) is 11.3. The second-order valence-corrected chi connectivity index (χ2v) is 16.2. The molecule has 0 radical (unpaired) electrons. The van der Waals surface area contributed by atoms with E-state index < -0.39 is 31.7 Å². The number of rotatable bonds is 6. The molecule has 0 unspecified atom stereocenters. The Labute approximate surface area is 199 Å². The monoisotopic (exact) mass is 483 g/mol. The fourth-order valence-electron chi connectivity index (χ4n) is 2.30. The van der Waals surface area contributed by atoms with Crippen LogP contribution in [0.4, 0.5) is 15.4 Å². The van der Waals surface area contributed by atoms with E-state index in [0.717, 1.165) is 4.90 Å². The van der Waals surface area contributed by atoms with Crippen LogP contribution < -0.4 is 9.64 Å². The molecule has 0 saturated carbocycles. The van der Waals surface area contributed by atoms with Crippen LogP contribution in [0.1, 0.15) is 68.0 Å². The molecule has 2 amide bonds. The van der Waals surface area contributed by atoms with Crippen molar-refractivity contribution in [2.45, 2.75) is 98.1 Å². The Morgan fingerprint density at radius 3 is 1.82 bits per heavy atom. The maximum Gasteiger partial charge on any atom is 0.425 e. The van der Waals surface area contributed by atoms with Gasteiger partial charge in [0, 0.05) is 13.0 Å². The van der Waals surface area contributed by atoms with Crippen LogP contribution in [0.15, 0.2) is 6.20 Å². The van der Waals surface area contributed by atoms with E-state index in [1.54, 1.807) is 47.7 Å². The molecule has 9 nitrogen and oxygen atoms in total. The number of carbonyl (C=O) groups is 2. The fourth-order valence-corrected chi connectivity index (χ4v) is 3.35. The molecule has 188 valence electrons. The molecule has 0 aliphatic carbocycles. The molecule has 0 aliphatic rings. The molecule has 0 atom stereocenters. The van der Waals surface area contributed by atoms with E-state index in [9.17, 15) is 9.59 Å². The molecule has 1 aromatic heterocycles. The molecule has 0 spiro atoms.